The number of rotatable bonds is 8. The molecule has 0 aliphatic carbocycles. The van der Waals surface area contributed by atoms with Crippen LogP contribution >= 0.6 is 0 Å². The molecule has 0 bridgehead atoms. The predicted molar refractivity (Wildman–Crippen MR) is 86.6 cm³/mol. The van der Waals surface area contributed by atoms with Gasteiger partial charge < -0.3 is 9.84 Å². The highest BCUT2D eigenvalue weighted by molar-refractivity contribution is 5.80. The van der Waals surface area contributed by atoms with E-state index >= 15 is 0 Å². The standard InChI is InChI=1S/C19H20O3/c20-19(21)13-18(12-11-16-7-3-1-4-8-16)15-22-14-17-9-5-2-6-10-17/h1-10,13H,11-12,14-15H2,(H,20,21)/b18-13-. The highest BCUT2D eigenvalue weighted by Gasteiger charge is 2.03. The van der Waals surface area contributed by atoms with Gasteiger partial charge in [-0.1, -0.05) is 60.7 Å². The summed E-state index contributed by atoms with van der Waals surface area (Å²) in [6.45, 7) is 0.831. The zero-order valence-corrected chi connectivity index (χ0v) is 12.4. The number of benzene rings is 2. The fourth-order valence-corrected chi connectivity index (χ4v) is 2.18. The van der Waals surface area contributed by atoms with Crippen molar-refractivity contribution in [3.05, 3.63) is 83.4 Å². The van der Waals surface area contributed by atoms with Gasteiger partial charge in [-0.2, -0.15) is 0 Å². The van der Waals surface area contributed by atoms with Gasteiger partial charge in [0.05, 0.1) is 13.2 Å². The molecule has 0 saturated heterocycles. The summed E-state index contributed by atoms with van der Waals surface area (Å²) in [6, 6.07) is 19.9. The van der Waals surface area contributed by atoms with Crippen LogP contribution in [0.15, 0.2) is 72.3 Å². The van der Waals surface area contributed by atoms with Crippen LogP contribution in [0.5, 0.6) is 0 Å². The third-order valence-electron chi connectivity index (χ3n) is 3.30. The van der Waals surface area contributed by atoms with E-state index in [2.05, 4.69) is 0 Å². The summed E-state index contributed by atoms with van der Waals surface area (Å²) < 4.78 is 5.64. The second-order valence-electron chi connectivity index (χ2n) is 5.10. The maximum Gasteiger partial charge on any atom is 0.328 e. The SMILES string of the molecule is O=C(O)/C=C(/CCc1ccccc1)COCc1ccccc1. The second-order valence-corrected chi connectivity index (χ2v) is 5.10. The minimum atomic E-state index is -0.925. The van der Waals surface area contributed by atoms with Crippen LogP contribution in [0.3, 0.4) is 0 Å². The molecule has 0 atom stereocenters. The molecule has 0 saturated carbocycles. The summed E-state index contributed by atoms with van der Waals surface area (Å²) in [5, 5.41) is 8.97. The molecule has 0 aliphatic rings. The maximum atomic E-state index is 10.9. The molecule has 0 heterocycles. The van der Waals surface area contributed by atoms with Crippen molar-refractivity contribution < 1.29 is 14.6 Å². The fraction of sp³-hybridized carbons (Fsp3) is 0.211. The first-order valence-corrected chi connectivity index (χ1v) is 7.32. The van der Waals surface area contributed by atoms with Crippen molar-refractivity contribution in [2.75, 3.05) is 6.61 Å². The largest absolute Gasteiger partial charge is 0.478 e. The van der Waals surface area contributed by atoms with E-state index in [0.29, 0.717) is 19.6 Å². The maximum absolute atomic E-state index is 10.9. The number of ether oxygens (including phenoxy) is 1. The molecule has 0 amide bonds. The fourth-order valence-electron chi connectivity index (χ4n) is 2.18. The lowest BCUT2D eigenvalue weighted by Gasteiger charge is -2.09. The molecule has 22 heavy (non-hydrogen) atoms. The van der Waals surface area contributed by atoms with E-state index < -0.39 is 5.97 Å². The van der Waals surface area contributed by atoms with Gasteiger partial charge in [0.1, 0.15) is 0 Å². The first-order chi connectivity index (χ1) is 10.7. The average Bonchev–Trinajstić information content (AvgIpc) is 2.54. The second kappa shape index (κ2) is 8.80. The van der Waals surface area contributed by atoms with Crippen molar-refractivity contribution >= 4 is 5.97 Å². The molecule has 114 valence electrons. The summed E-state index contributed by atoms with van der Waals surface area (Å²) in [7, 11) is 0. The van der Waals surface area contributed by atoms with Gasteiger partial charge in [-0.05, 0) is 29.5 Å². The summed E-state index contributed by atoms with van der Waals surface area (Å²) >= 11 is 0. The van der Waals surface area contributed by atoms with Crippen LogP contribution in [0, 0.1) is 0 Å². The van der Waals surface area contributed by atoms with E-state index in [1.165, 1.54) is 11.6 Å². The summed E-state index contributed by atoms with van der Waals surface area (Å²) in [6.07, 6.45) is 2.76. The number of carboxylic acids is 1. The number of carbonyl (C=O) groups is 1. The van der Waals surface area contributed by atoms with Crippen LogP contribution in [0.2, 0.25) is 0 Å². The zero-order valence-electron chi connectivity index (χ0n) is 12.4. The Labute approximate surface area is 130 Å². The zero-order chi connectivity index (χ0) is 15.6. The van der Waals surface area contributed by atoms with Crippen molar-refractivity contribution in [3.8, 4) is 0 Å². The predicted octanol–water partition coefficient (Wildman–Crippen LogP) is 3.85. The molecule has 0 aromatic heterocycles. The Balaban J connectivity index is 1.85. The number of hydrogen-bond donors (Lipinski definition) is 1. The third-order valence-corrected chi connectivity index (χ3v) is 3.30. The summed E-state index contributed by atoms with van der Waals surface area (Å²) in [4.78, 5) is 10.9. The van der Waals surface area contributed by atoms with Gasteiger partial charge in [0.25, 0.3) is 0 Å². The smallest absolute Gasteiger partial charge is 0.328 e. The number of hydrogen-bond acceptors (Lipinski definition) is 2. The van der Waals surface area contributed by atoms with Crippen molar-refractivity contribution in [2.45, 2.75) is 19.4 Å². The Morgan fingerprint density at radius 1 is 0.955 bits per heavy atom. The lowest BCUT2D eigenvalue weighted by molar-refractivity contribution is -0.131. The molecular formula is C19H20O3. The number of carboxylic acid groups (broad SMARTS) is 1. The minimum Gasteiger partial charge on any atom is -0.478 e. The Hall–Kier alpha value is -2.39. The molecule has 1 N–H and O–H groups in total. The summed E-state index contributed by atoms with van der Waals surface area (Å²) in [5.41, 5.74) is 3.08. The Morgan fingerprint density at radius 3 is 2.14 bits per heavy atom. The Bertz CT molecular complexity index is 603. The van der Waals surface area contributed by atoms with E-state index in [1.54, 1.807) is 0 Å². The molecule has 2 aromatic rings. The van der Waals surface area contributed by atoms with Crippen LogP contribution in [0.4, 0.5) is 0 Å². The molecule has 0 radical (unpaired) electrons. The number of aliphatic carboxylic acids is 1. The molecule has 0 unspecified atom stereocenters. The monoisotopic (exact) mass is 296 g/mol. The molecule has 0 fully saturated rings. The quantitative estimate of drug-likeness (QED) is 0.753. The van der Waals surface area contributed by atoms with Gasteiger partial charge in [-0.15, -0.1) is 0 Å². The van der Waals surface area contributed by atoms with Crippen molar-refractivity contribution in [3.63, 3.8) is 0 Å². The molecular weight excluding hydrogens is 276 g/mol. The highest BCUT2D eigenvalue weighted by atomic mass is 16.5. The topological polar surface area (TPSA) is 46.5 Å². The van der Waals surface area contributed by atoms with Gasteiger partial charge in [0.2, 0.25) is 0 Å². The van der Waals surface area contributed by atoms with Crippen LogP contribution in [-0.2, 0) is 22.6 Å². The lowest BCUT2D eigenvalue weighted by atomic mass is 10.0. The molecule has 3 heteroatoms. The highest BCUT2D eigenvalue weighted by Crippen LogP contribution is 2.11. The molecule has 0 spiro atoms. The van der Waals surface area contributed by atoms with Crippen LogP contribution in [0.1, 0.15) is 17.5 Å². The van der Waals surface area contributed by atoms with Crippen LogP contribution in [0.25, 0.3) is 0 Å². The van der Waals surface area contributed by atoms with E-state index in [9.17, 15) is 4.79 Å². The molecule has 0 aliphatic heterocycles. The van der Waals surface area contributed by atoms with Gasteiger partial charge in [0.15, 0.2) is 0 Å². The number of aryl methyl sites for hydroxylation is 1. The van der Waals surface area contributed by atoms with Crippen LogP contribution in [-0.4, -0.2) is 17.7 Å². The van der Waals surface area contributed by atoms with Crippen LogP contribution < -0.4 is 0 Å². The third kappa shape index (κ3) is 5.94. The molecule has 3 nitrogen and oxygen atoms in total. The van der Waals surface area contributed by atoms with Gasteiger partial charge >= 0.3 is 5.97 Å². The first-order valence-electron chi connectivity index (χ1n) is 7.32. The molecule has 2 rings (SSSR count). The first kappa shape index (κ1) is 16.0. The Morgan fingerprint density at radius 2 is 1.55 bits per heavy atom. The van der Waals surface area contributed by atoms with E-state index in [1.807, 2.05) is 60.7 Å². The normalized spacial score (nSPS) is 11.4. The average molecular weight is 296 g/mol. The van der Waals surface area contributed by atoms with E-state index in [0.717, 1.165) is 17.6 Å². The van der Waals surface area contributed by atoms with Crippen molar-refractivity contribution in [1.29, 1.82) is 0 Å². The van der Waals surface area contributed by atoms with Gasteiger partial charge in [0, 0.05) is 6.08 Å². The van der Waals surface area contributed by atoms with E-state index in [-0.39, 0.29) is 0 Å². The van der Waals surface area contributed by atoms with Crippen molar-refractivity contribution in [2.24, 2.45) is 0 Å². The minimum absolute atomic E-state index is 0.341. The summed E-state index contributed by atoms with van der Waals surface area (Å²) in [5.74, 6) is -0.925. The molecule has 2 aromatic carbocycles. The lowest BCUT2D eigenvalue weighted by Crippen LogP contribution is -2.03. The van der Waals surface area contributed by atoms with Gasteiger partial charge in [-0.25, -0.2) is 4.79 Å². The van der Waals surface area contributed by atoms with Gasteiger partial charge in [-0.3, -0.25) is 0 Å². The van der Waals surface area contributed by atoms with E-state index in [4.69, 9.17) is 9.84 Å². The Kier molecular flexibility index (Phi) is 6.39. The van der Waals surface area contributed by atoms with Crippen molar-refractivity contribution in [1.82, 2.24) is 0 Å².